The van der Waals surface area contributed by atoms with Gasteiger partial charge in [-0.05, 0) is 17.8 Å². The van der Waals surface area contributed by atoms with Crippen LogP contribution in [0.4, 0.5) is 0 Å². The van der Waals surface area contributed by atoms with Gasteiger partial charge in [0.25, 0.3) is 0 Å². The lowest BCUT2D eigenvalue weighted by atomic mass is 9.80. The van der Waals surface area contributed by atoms with E-state index in [0.717, 1.165) is 12.3 Å². The van der Waals surface area contributed by atoms with Gasteiger partial charge in [0, 0.05) is 11.1 Å². The quantitative estimate of drug-likeness (QED) is 0.685. The normalized spacial score (nSPS) is 14.7. The maximum atomic E-state index is 4.08. The molecule has 12 heavy (non-hydrogen) atoms. The monoisotopic (exact) mass is 183 g/mol. The van der Waals surface area contributed by atoms with Crippen LogP contribution in [0, 0.1) is 11.3 Å². The largest absolute Gasteiger partial charge is 0.253 e. The van der Waals surface area contributed by atoms with Crippen LogP contribution >= 0.6 is 11.3 Å². The van der Waals surface area contributed by atoms with E-state index in [1.54, 1.807) is 11.3 Å². The first kappa shape index (κ1) is 9.72. The van der Waals surface area contributed by atoms with Gasteiger partial charge in [0.1, 0.15) is 0 Å². The van der Waals surface area contributed by atoms with Crippen LogP contribution in [0.25, 0.3) is 0 Å². The summed E-state index contributed by atoms with van der Waals surface area (Å²) in [5.74, 6) is 0.720. The zero-order valence-corrected chi connectivity index (χ0v) is 9.11. The van der Waals surface area contributed by atoms with Gasteiger partial charge in [0.05, 0.1) is 5.51 Å². The fourth-order valence-electron chi connectivity index (χ4n) is 0.951. The Kier molecular flexibility index (Phi) is 2.89. The summed E-state index contributed by atoms with van der Waals surface area (Å²) in [7, 11) is 0. The standard InChI is InChI=1S/C10H17NS/c1-8(10(2,3)4)5-9-6-11-7-12-9/h6-8H,5H2,1-4H3. The predicted molar refractivity (Wildman–Crippen MR) is 54.4 cm³/mol. The molecule has 0 aliphatic rings. The van der Waals surface area contributed by atoms with Crippen LogP contribution < -0.4 is 0 Å². The Morgan fingerprint density at radius 2 is 2.17 bits per heavy atom. The van der Waals surface area contributed by atoms with E-state index in [4.69, 9.17) is 0 Å². The summed E-state index contributed by atoms with van der Waals surface area (Å²) in [4.78, 5) is 5.48. The van der Waals surface area contributed by atoms with E-state index in [-0.39, 0.29) is 0 Å². The Balaban J connectivity index is 2.53. The molecule has 0 spiro atoms. The van der Waals surface area contributed by atoms with E-state index < -0.39 is 0 Å². The van der Waals surface area contributed by atoms with Crippen LogP contribution in [0.2, 0.25) is 0 Å². The number of rotatable bonds is 2. The fourth-order valence-corrected chi connectivity index (χ4v) is 1.68. The molecule has 1 unspecified atom stereocenters. The number of thiazole rings is 1. The number of nitrogens with zero attached hydrogens (tertiary/aromatic N) is 1. The molecule has 1 rings (SSSR count). The SMILES string of the molecule is CC(Cc1cncs1)C(C)(C)C. The molecule has 0 aliphatic heterocycles. The van der Waals surface area contributed by atoms with Crippen LogP contribution in [0.5, 0.6) is 0 Å². The second-order valence-corrected chi connectivity index (χ2v) is 5.41. The van der Waals surface area contributed by atoms with Gasteiger partial charge in [-0.1, -0.05) is 27.7 Å². The van der Waals surface area contributed by atoms with Crippen molar-refractivity contribution in [3.8, 4) is 0 Å². The van der Waals surface area contributed by atoms with Crippen molar-refractivity contribution in [2.45, 2.75) is 34.1 Å². The Hall–Kier alpha value is -0.370. The van der Waals surface area contributed by atoms with E-state index in [0.29, 0.717) is 5.41 Å². The first-order valence-electron chi connectivity index (χ1n) is 4.37. The third kappa shape index (κ3) is 2.59. The van der Waals surface area contributed by atoms with Crippen LogP contribution in [-0.2, 0) is 6.42 Å². The molecule has 2 heteroatoms. The van der Waals surface area contributed by atoms with Crippen molar-refractivity contribution in [3.63, 3.8) is 0 Å². The van der Waals surface area contributed by atoms with Crippen molar-refractivity contribution in [2.24, 2.45) is 11.3 Å². The molecule has 0 aromatic carbocycles. The maximum absolute atomic E-state index is 4.08. The summed E-state index contributed by atoms with van der Waals surface area (Å²) in [5.41, 5.74) is 2.31. The summed E-state index contributed by atoms with van der Waals surface area (Å²) < 4.78 is 0. The molecule has 1 nitrogen and oxygen atoms in total. The van der Waals surface area contributed by atoms with Crippen molar-refractivity contribution in [1.82, 2.24) is 4.98 Å². The highest BCUT2D eigenvalue weighted by Gasteiger charge is 2.20. The molecule has 1 aromatic heterocycles. The van der Waals surface area contributed by atoms with E-state index in [9.17, 15) is 0 Å². The molecule has 0 saturated heterocycles. The Morgan fingerprint density at radius 1 is 1.50 bits per heavy atom. The van der Waals surface area contributed by atoms with E-state index in [2.05, 4.69) is 32.7 Å². The highest BCUT2D eigenvalue weighted by Crippen LogP contribution is 2.29. The van der Waals surface area contributed by atoms with Crippen molar-refractivity contribution in [1.29, 1.82) is 0 Å². The minimum atomic E-state index is 0.407. The lowest BCUT2D eigenvalue weighted by molar-refractivity contribution is 0.261. The van der Waals surface area contributed by atoms with Crippen LogP contribution in [-0.4, -0.2) is 4.98 Å². The first-order chi connectivity index (χ1) is 5.50. The average Bonchev–Trinajstić information content (AvgIpc) is 2.37. The maximum Gasteiger partial charge on any atom is 0.0794 e. The molecule has 0 radical (unpaired) electrons. The molecule has 68 valence electrons. The van der Waals surface area contributed by atoms with Crippen molar-refractivity contribution in [3.05, 3.63) is 16.6 Å². The molecule has 1 aromatic rings. The third-order valence-electron chi connectivity index (χ3n) is 2.47. The summed E-state index contributed by atoms with van der Waals surface area (Å²) in [6, 6.07) is 0. The van der Waals surface area contributed by atoms with Gasteiger partial charge < -0.3 is 0 Å². The van der Waals surface area contributed by atoms with Gasteiger partial charge in [0.2, 0.25) is 0 Å². The lowest BCUT2D eigenvalue weighted by Gasteiger charge is -2.26. The Labute approximate surface area is 78.8 Å². The Morgan fingerprint density at radius 3 is 2.58 bits per heavy atom. The lowest BCUT2D eigenvalue weighted by Crippen LogP contribution is -2.18. The molecule has 0 aliphatic carbocycles. The van der Waals surface area contributed by atoms with Gasteiger partial charge in [-0.3, -0.25) is 4.98 Å². The van der Waals surface area contributed by atoms with Gasteiger partial charge in [-0.25, -0.2) is 0 Å². The highest BCUT2D eigenvalue weighted by atomic mass is 32.1. The molecular weight excluding hydrogens is 166 g/mol. The summed E-state index contributed by atoms with van der Waals surface area (Å²) in [6.07, 6.45) is 3.14. The van der Waals surface area contributed by atoms with Gasteiger partial charge >= 0.3 is 0 Å². The molecule has 0 fully saturated rings. The summed E-state index contributed by atoms with van der Waals surface area (Å²) >= 11 is 1.76. The fraction of sp³-hybridized carbons (Fsp3) is 0.700. The molecule has 0 N–H and O–H groups in total. The zero-order chi connectivity index (χ0) is 9.19. The van der Waals surface area contributed by atoms with Crippen LogP contribution in [0.15, 0.2) is 11.7 Å². The minimum absolute atomic E-state index is 0.407. The van der Waals surface area contributed by atoms with Gasteiger partial charge in [0.15, 0.2) is 0 Å². The molecule has 0 saturated carbocycles. The van der Waals surface area contributed by atoms with Crippen LogP contribution in [0.3, 0.4) is 0 Å². The van der Waals surface area contributed by atoms with Crippen molar-refractivity contribution in [2.75, 3.05) is 0 Å². The molecule has 0 amide bonds. The molecule has 0 bridgehead atoms. The Bertz CT molecular complexity index is 220. The molecule has 1 heterocycles. The van der Waals surface area contributed by atoms with E-state index >= 15 is 0 Å². The second-order valence-electron chi connectivity index (χ2n) is 4.44. The average molecular weight is 183 g/mol. The van der Waals surface area contributed by atoms with Crippen molar-refractivity contribution < 1.29 is 0 Å². The summed E-state index contributed by atoms with van der Waals surface area (Å²) in [6.45, 7) is 9.18. The minimum Gasteiger partial charge on any atom is -0.253 e. The van der Waals surface area contributed by atoms with Crippen LogP contribution in [0.1, 0.15) is 32.6 Å². The summed E-state index contributed by atoms with van der Waals surface area (Å²) in [5, 5.41) is 0. The van der Waals surface area contributed by atoms with Crippen molar-refractivity contribution >= 4 is 11.3 Å². The number of aromatic nitrogens is 1. The van der Waals surface area contributed by atoms with Gasteiger partial charge in [-0.15, -0.1) is 11.3 Å². The van der Waals surface area contributed by atoms with Gasteiger partial charge in [-0.2, -0.15) is 0 Å². The van der Waals surface area contributed by atoms with E-state index in [1.165, 1.54) is 4.88 Å². The second kappa shape index (κ2) is 3.56. The zero-order valence-electron chi connectivity index (χ0n) is 8.29. The third-order valence-corrected chi connectivity index (χ3v) is 3.27. The highest BCUT2D eigenvalue weighted by molar-refractivity contribution is 7.09. The topological polar surface area (TPSA) is 12.9 Å². The number of hydrogen-bond donors (Lipinski definition) is 0. The number of hydrogen-bond acceptors (Lipinski definition) is 2. The van der Waals surface area contributed by atoms with E-state index in [1.807, 2.05) is 11.7 Å². The smallest absolute Gasteiger partial charge is 0.0794 e. The molecular formula is C10H17NS. The molecule has 1 atom stereocenters. The first-order valence-corrected chi connectivity index (χ1v) is 5.25. The predicted octanol–water partition coefficient (Wildman–Crippen LogP) is 3.37.